The average molecular weight is 351 g/mol. The van der Waals surface area contributed by atoms with Gasteiger partial charge in [0.1, 0.15) is 5.02 Å². The molecule has 2 aromatic heterocycles. The quantitative estimate of drug-likeness (QED) is 0.872. The summed E-state index contributed by atoms with van der Waals surface area (Å²) in [6.07, 6.45) is 2.49. The number of hydrogen-bond donors (Lipinski definition) is 2. The largest absolute Gasteiger partial charge is 0.352 e. The van der Waals surface area contributed by atoms with Crippen molar-refractivity contribution in [2.45, 2.75) is 25.7 Å². The Labute approximate surface area is 144 Å². The number of H-pyrrole nitrogens is 1. The van der Waals surface area contributed by atoms with E-state index in [1.165, 1.54) is 0 Å². The van der Waals surface area contributed by atoms with Crippen LogP contribution in [0.2, 0.25) is 5.02 Å². The van der Waals surface area contributed by atoms with E-state index in [1.807, 2.05) is 24.9 Å². The molecule has 2 saturated heterocycles. The van der Waals surface area contributed by atoms with Crippen molar-refractivity contribution < 1.29 is 9.47 Å². The second kappa shape index (κ2) is 6.19. The number of anilines is 3. The standard InChI is InChI=1S/C15H19ClN6O2/c1-8-5-12(21-20-8)18-13-10(16)6-17-15(19-13)22(2)11-7-24-14-9(11)3-4-23-14/h5-6,9,11,14H,3-4,7H2,1-2H3,(H2,17,18,19,20,21). The molecular weight excluding hydrogens is 332 g/mol. The maximum absolute atomic E-state index is 6.22. The highest BCUT2D eigenvalue weighted by Gasteiger charge is 2.44. The van der Waals surface area contributed by atoms with Gasteiger partial charge in [-0.25, -0.2) is 4.98 Å². The second-order valence-electron chi connectivity index (χ2n) is 6.13. The van der Waals surface area contributed by atoms with Crippen LogP contribution in [-0.4, -0.2) is 52.8 Å². The van der Waals surface area contributed by atoms with Crippen molar-refractivity contribution in [1.29, 1.82) is 0 Å². The molecule has 9 heteroatoms. The van der Waals surface area contributed by atoms with Gasteiger partial charge in [-0.05, 0) is 13.3 Å². The van der Waals surface area contributed by atoms with Gasteiger partial charge in [-0.1, -0.05) is 11.6 Å². The fraction of sp³-hybridized carbons (Fsp3) is 0.533. The third kappa shape index (κ3) is 2.81. The summed E-state index contributed by atoms with van der Waals surface area (Å²) < 4.78 is 11.3. The average Bonchev–Trinajstić information content (AvgIpc) is 3.26. The van der Waals surface area contributed by atoms with Gasteiger partial charge in [0, 0.05) is 24.7 Å². The lowest BCUT2D eigenvalue weighted by molar-refractivity contribution is -0.0905. The number of likely N-dealkylation sites (N-methyl/N-ethyl adjacent to an activating group) is 1. The summed E-state index contributed by atoms with van der Waals surface area (Å²) in [5.41, 5.74) is 0.954. The lowest BCUT2D eigenvalue weighted by Gasteiger charge is -2.27. The van der Waals surface area contributed by atoms with Crippen LogP contribution in [0, 0.1) is 12.8 Å². The zero-order chi connectivity index (χ0) is 16.7. The topological polar surface area (TPSA) is 88.2 Å². The van der Waals surface area contributed by atoms with Gasteiger partial charge in [-0.2, -0.15) is 10.1 Å². The number of rotatable bonds is 4. The molecule has 2 fully saturated rings. The van der Waals surface area contributed by atoms with Gasteiger partial charge in [0.25, 0.3) is 0 Å². The number of aromatic nitrogens is 4. The van der Waals surface area contributed by atoms with E-state index in [4.69, 9.17) is 21.1 Å². The molecule has 0 aromatic carbocycles. The Morgan fingerprint density at radius 3 is 3.08 bits per heavy atom. The smallest absolute Gasteiger partial charge is 0.227 e. The van der Waals surface area contributed by atoms with E-state index >= 15 is 0 Å². The first-order valence-corrected chi connectivity index (χ1v) is 8.27. The van der Waals surface area contributed by atoms with E-state index in [1.54, 1.807) is 6.20 Å². The molecule has 0 spiro atoms. The lowest BCUT2D eigenvalue weighted by Crippen LogP contribution is -2.38. The van der Waals surface area contributed by atoms with Crippen LogP contribution in [0.15, 0.2) is 12.3 Å². The number of ether oxygens (including phenoxy) is 2. The van der Waals surface area contributed by atoms with Gasteiger partial charge in [-0.15, -0.1) is 0 Å². The highest BCUT2D eigenvalue weighted by molar-refractivity contribution is 6.32. The first-order valence-electron chi connectivity index (χ1n) is 7.89. The van der Waals surface area contributed by atoms with Crippen LogP contribution < -0.4 is 10.2 Å². The molecule has 2 N–H and O–H groups in total. The Morgan fingerprint density at radius 1 is 1.42 bits per heavy atom. The highest BCUT2D eigenvalue weighted by Crippen LogP contribution is 2.35. The minimum absolute atomic E-state index is 0.102. The van der Waals surface area contributed by atoms with E-state index < -0.39 is 0 Å². The van der Waals surface area contributed by atoms with Crippen LogP contribution in [0.5, 0.6) is 0 Å². The molecule has 4 heterocycles. The van der Waals surface area contributed by atoms with E-state index in [0.29, 0.717) is 35.1 Å². The predicted octanol–water partition coefficient (Wildman–Crippen LogP) is 2.10. The third-order valence-electron chi connectivity index (χ3n) is 4.51. The number of nitrogens with one attached hydrogen (secondary N) is 2. The highest BCUT2D eigenvalue weighted by atomic mass is 35.5. The zero-order valence-corrected chi connectivity index (χ0v) is 14.2. The van der Waals surface area contributed by atoms with Crippen LogP contribution in [0.3, 0.4) is 0 Å². The zero-order valence-electron chi connectivity index (χ0n) is 13.5. The van der Waals surface area contributed by atoms with Gasteiger partial charge in [0.2, 0.25) is 5.95 Å². The number of hydrogen-bond acceptors (Lipinski definition) is 7. The third-order valence-corrected chi connectivity index (χ3v) is 4.78. The summed E-state index contributed by atoms with van der Waals surface area (Å²) in [5.74, 6) is 2.13. The van der Waals surface area contributed by atoms with Crippen LogP contribution >= 0.6 is 11.6 Å². The summed E-state index contributed by atoms with van der Waals surface area (Å²) in [7, 11) is 1.97. The SMILES string of the molecule is Cc1cc(Nc2nc(N(C)C3COC4OCCC43)ncc2Cl)n[nH]1. The monoisotopic (exact) mass is 350 g/mol. The minimum Gasteiger partial charge on any atom is -0.352 e. The Morgan fingerprint density at radius 2 is 2.29 bits per heavy atom. The van der Waals surface area contributed by atoms with Gasteiger partial charge < -0.3 is 19.7 Å². The molecule has 4 rings (SSSR count). The summed E-state index contributed by atoms with van der Waals surface area (Å²) in [5, 5.41) is 10.6. The number of fused-ring (bicyclic) bond motifs is 1. The summed E-state index contributed by atoms with van der Waals surface area (Å²) >= 11 is 6.22. The van der Waals surface area contributed by atoms with Crippen molar-refractivity contribution in [2.75, 3.05) is 30.5 Å². The van der Waals surface area contributed by atoms with Crippen molar-refractivity contribution >= 4 is 29.2 Å². The molecule has 2 aromatic rings. The van der Waals surface area contributed by atoms with Gasteiger partial charge in [-0.3, -0.25) is 5.10 Å². The molecule has 2 aliphatic rings. The Balaban J connectivity index is 1.56. The fourth-order valence-corrected chi connectivity index (χ4v) is 3.35. The van der Waals surface area contributed by atoms with Crippen LogP contribution in [-0.2, 0) is 9.47 Å². The molecule has 8 nitrogen and oxygen atoms in total. The van der Waals surface area contributed by atoms with Crippen molar-refractivity contribution in [3.8, 4) is 0 Å². The van der Waals surface area contributed by atoms with Gasteiger partial charge in [0.15, 0.2) is 17.9 Å². The van der Waals surface area contributed by atoms with Crippen molar-refractivity contribution in [2.24, 2.45) is 5.92 Å². The molecule has 0 bridgehead atoms. The van der Waals surface area contributed by atoms with Gasteiger partial charge >= 0.3 is 0 Å². The Hall–Kier alpha value is -1.90. The number of aromatic amines is 1. The normalized spacial score (nSPS) is 25.7. The predicted molar refractivity (Wildman–Crippen MR) is 89.6 cm³/mol. The van der Waals surface area contributed by atoms with Crippen molar-refractivity contribution in [1.82, 2.24) is 20.2 Å². The molecule has 3 atom stereocenters. The first kappa shape index (κ1) is 15.6. The lowest BCUT2D eigenvalue weighted by atomic mass is 10.00. The van der Waals surface area contributed by atoms with Crippen molar-refractivity contribution in [3.63, 3.8) is 0 Å². The summed E-state index contributed by atoms with van der Waals surface area (Å²) in [6.45, 7) is 3.28. The number of halogens is 1. The number of nitrogens with zero attached hydrogens (tertiary/aromatic N) is 4. The first-order chi connectivity index (χ1) is 11.6. The van der Waals surface area contributed by atoms with E-state index in [9.17, 15) is 0 Å². The molecule has 0 aliphatic carbocycles. The fourth-order valence-electron chi connectivity index (χ4n) is 3.21. The molecule has 128 valence electrons. The van der Waals surface area contributed by atoms with Crippen LogP contribution in [0.4, 0.5) is 17.6 Å². The van der Waals surface area contributed by atoms with Gasteiger partial charge in [0.05, 0.1) is 25.5 Å². The molecular formula is C15H19ClN6O2. The van der Waals surface area contributed by atoms with Crippen molar-refractivity contribution in [3.05, 3.63) is 23.0 Å². The van der Waals surface area contributed by atoms with Crippen LogP contribution in [0.25, 0.3) is 0 Å². The molecule has 0 radical (unpaired) electrons. The molecule has 0 amide bonds. The molecule has 24 heavy (non-hydrogen) atoms. The van der Waals surface area contributed by atoms with E-state index in [-0.39, 0.29) is 12.3 Å². The number of aryl methyl sites for hydroxylation is 1. The molecule has 0 saturated carbocycles. The van der Waals surface area contributed by atoms with E-state index in [0.717, 1.165) is 18.7 Å². The Kier molecular flexibility index (Phi) is 4.03. The molecule has 2 aliphatic heterocycles. The van der Waals surface area contributed by atoms with Crippen LogP contribution in [0.1, 0.15) is 12.1 Å². The maximum atomic E-state index is 6.22. The summed E-state index contributed by atoms with van der Waals surface area (Å²) in [6, 6.07) is 2.08. The molecule has 3 unspecified atom stereocenters. The van der Waals surface area contributed by atoms with E-state index in [2.05, 4.69) is 25.5 Å². The Bertz CT molecular complexity index is 739. The second-order valence-corrected chi connectivity index (χ2v) is 6.54. The summed E-state index contributed by atoms with van der Waals surface area (Å²) in [4.78, 5) is 11.0. The maximum Gasteiger partial charge on any atom is 0.227 e. The minimum atomic E-state index is -0.102.